The summed E-state index contributed by atoms with van der Waals surface area (Å²) in [6.45, 7) is 2.14. The predicted octanol–water partition coefficient (Wildman–Crippen LogP) is 3.69. The van der Waals surface area contributed by atoms with Gasteiger partial charge in [0.25, 0.3) is 0 Å². The lowest BCUT2D eigenvalue weighted by Crippen LogP contribution is -2.34. The first-order valence-corrected chi connectivity index (χ1v) is 7.74. The second-order valence-electron chi connectivity index (χ2n) is 4.62. The second kappa shape index (κ2) is 9.51. The molecule has 0 aliphatic carbocycles. The zero-order valence-corrected chi connectivity index (χ0v) is 14.0. The predicted molar refractivity (Wildman–Crippen MR) is 92.6 cm³/mol. The number of esters is 1. The number of benzene rings is 2. The van der Waals surface area contributed by atoms with E-state index in [1.165, 1.54) is 4.90 Å². The van der Waals surface area contributed by atoms with Gasteiger partial charge in [0.2, 0.25) is 0 Å². The molecule has 0 bridgehead atoms. The van der Waals surface area contributed by atoms with Crippen molar-refractivity contribution in [1.29, 1.82) is 0 Å². The Labute approximate surface area is 141 Å². The number of halogens is 1. The van der Waals surface area contributed by atoms with Crippen LogP contribution in [0.5, 0.6) is 0 Å². The Kier molecular flexibility index (Phi) is 8.02. The number of ether oxygens (including phenoxy) is 1. The molecule has 5 heteroatoms. The van der Waals surface area contributed by atoms with Gasteiger partial charge in [-0.1, -0.05) is 42.1 Å². The summed E-state index contributed by atoms with van der Waals surface area (Å²) < 4.78 is 4.91. The minimum absolute atomic E-state index is 0. The normalized spacial score (nSPS) is 11.4. The second-order valence-corrected chi connectivity index (χ2v) is 5.77. The molecule has 2 rings (SSSR count). The maximum Gasteiger partial charge on any atom is 0.323 e. The number of rotatable bonds is 6. The van der Waals surface area contributed by atoms with Crippen LogP contribution in [0.15, 0.2) is 64.4 Å². The number of carbonyl (C=O) groups excluding carboxylic acids is 1. The summed E-state index contributed by atoms with van der Waals surface area (Å²) in [5.74, 6) is -0.347. The summed E-state index contributed by atoms with van der Waals surface area (Å²) in [6.07, 6.45) is 0.495. The van der Waals surface area contributed by atoms with Crippen molar-refractivity contribution in [2.75, 3.05) is 6.61 Å². The molecule has 0 radical (unpaired) electrons. The summed E-state index contributed by atoms with van der Waals surface area (Å²) >= 11 is 1.71. The summed E-state index contributed by atoms with van der Waals surface area (Å²) in [4.78, 5) is 13.9. The smallest absolute Gasteiger partial charge is 0.323 e. The minimum atomic E-state index is -0.599. The van der Waals surface area contributed by atoms with Gasteiger partial charge in [-0.25, -0.2) is 0 Å². The van der Waals surface area contributed by atoms with Crippen LogP contribution in [0.3, 0.4) is 0 Å². The first kappa shape index (κ1) is 18.6. The molecule has 0 aliphatic heterocycles. The first-order valence-electron chi connectivity index (χ1n) is 6.93. The van der Waals surface area contributed by atoms with E-state index in [2.05, 4.69) is 12.1 Å². The molecule has 2 N–H and O–H groups in total. The van der Waals surface area contributed by atoms with Crippen LogP contribution in [-0.4, -0.2) is 18.6 Å². The third-order valence-electron chi connectivity index (χ3n) is 2.95. The van der Waals surface area contributed by atoms with Gasteiger partial charge in [0.05, 0.1) is 6.61 Å². The number of nitrogens with two attached hydrogens (primary N) is 1. The highest BCUT2D eigenvalue weighted by Gasteiger charge is 2.14. The Bertz CT molecular complexity index is 575. The Hall–Kier alpha value is -1.49. The van der Waals surface area contributed by atoms with Gasteiger partial charge < -0.3 is 10.5 Å². The minimum Gasteiger partial charge on any atom is -0.465 e. The van der Waals surface area contributed by atoms with Crippen molar-refractivity contribution in [2.24, 2.45) is 5.73 Å². The van der Waals surface area contributed by atoms with Crippen LogP contribution < -0.4 is 5.73 Å². The van der Waals surface area contributed by atoms with E-state index in [4.69, 9.17) is 10.5 Å². The maximum absolute atomic E-state index is 11.5. The third kappa shape index (κ3) is 5.72. The molecule has 2 aromatic rings. The first-order chi connectivity index (χ1) is 10.2. The van der Waals surface area contributed by atoms with E-state index in [-0.39, 0.29) is 18.4 Å². The van der Waals surface area contributed by atoms with E-state index in [0.717, 1.165) is 10.5 Å². The van der Waals surface area contributed by atoms with E-state index in [1.807, 2.05) is 42.5 Å². The van der Waals surface area contributed by atoms with Crippen molar-refractivity contribution < 1.29 is 9.53 Å². The molecule has 118 valence electrons. The fourth-order valence-electron chi connectivity index (χ4n) is 1.90. The molecular weight excluding hydrogens is 318 g/mol. The van der Waals surface area contributed by atoms with Crippen molar-refractivity contribution in [3.63, 3.8) is 0 Å². The lowest BCUT2D eigenvalue weighted by atomic mass is 10.1. The maximum atomic E-state index is 11.5. The van der Waals surface area contributed by atoms with Gasteiger partial charge in [0.15, 0.2) is 0 Å². The number of hydrogen-bond donors (Lipinski definition) is 1. The summed E-state index contributed by atoms with van der Waals surface area (Å²) in [5.41, 5.74) is 6.85. The molecule has 1 unspecified atom stereocenters. The molecular formula is C17H20ClNO2S. The quantitative estimate of drug-likeness (QED) is 0.817. The van der Waals surface area contributed by atoms with Crippen LogP contribution in [0, 0.1) is 0 Å². The summed E-state index contributed by atoms with van der Waals surface area (Å²) in [6, 6.07) is 17.7. The van der Waals surface area contributed by atoms with E-state index in [9.17, 15) is 4.79 Å². The monoisotopic (exact) mass is 337 g/mol. The topological polar surface area (TPSA) is 52.3 Å². The highest BCUT2D eigenvalue weighted by Crippen LogP contribution is 2.27. The van der Waals surface area contributed by atoms with E-state index in [1.54, 1.807) is 18.7 Å². The molecule has 0 heterocycles. The molecule has 0 spiro atoms. The van der Waals surface area contributed by atoms with Crippen molar-refractivity contribution >= 4 is 30.1 Å². The Morgan fingerprint density at radius 1 is 1.09 bits per heavy atom. The lowest BCUT2D eigenvalue weighted by molar-refractivity contribution is -0.144. The molecule has 0 saturated carbocycles. The molecule has 0 fully saturated rings. The van der Waals surface area contributed by atoms with Crippen LogP contribution in [0.1, 0.15) is 12.5 Å². The Morgan fingerprint density at radius 2 is 1.68 bits per heavy atom. The average Bonchev–Trinajstić information content (AvgIpc) is 2.50. The molecule has 3 nitrogen and oxygen atoms in total. The summed E-state index contributed by atoms with van der Waals surface area (Å²) in [7, 11) is 0. The van der Waals surface area contributed by atoms with E-state index in [0.29, 0.717) is 13.0 Å². The Morgan fingerprint density at radius 3 is 2.27 bits per heavy atom. The van der Waals surface area contributed by atoms with Crippen LogP contribution in [0.4, 0.5) is 0 Å². The largest absolute Gasteiger partial charge is 0.465 e. The molecule has 2 aromatic carbocycles. The van der Waals surface area contributed by atoms with Crippen molar-refractivity contribution in [3.8, 4) is 0 Å². The number of carbonyl (C=O) groups is 1. The molecule has 0 saturated heterocycles. The van der Waals surface area contributed by atoms with Crippen molar-refractivity contribution in [1.82, 2.24) is 0 Å². The van der Waals surface area contributed by atoms with E-state index < -0.39 is 6.04 Å². The van der Waals surface area contributed by atoms with Crippen LogP contribution in [0.2, 0.25) is 0 Å². The molecule has 22 heavy (non-hydrogen) atoms. The number of hydrogen-bond acceptors (Lipinski definition) is 4. The fraction of sp³-hybridized carbons (Fsp3) is 0.235. The van der Waals surface area contributed by atoms with Crippen molar-refractivity contribution in [3.05, 3.63) is 60.2 Å². The summed E-state index contributed by atoms with van der Waals surface area (Å²) in [5, 5.41) is 0. The highest BCUT2D eigenvalue weighted by atomic mass is 35.5. The zero-order valence-electron chi connectivity index (χ0n) is 12.4. The van der Waals surface area contributed by atoms with Gasteiger partial charge in [0.1, 0.15) is 6.04 Å². The van der Waals surface area contributed by atoms with Crippen LogP contribution >= 0.6 is 24.2 Å². The highest BCUT2D eigenvalue weighted by molar-refractivity contribution is 7.99. The standard InChI is InChI=1S/C17H19NO2S.ClH/c1-2-20-17(19)16(18)12-13-8-10-15(11-9-13)21-14-6-4-3-5-7-14;/h3-11,16H,2,12,18H2,1H3;1H. The van der Waals surface area contributed by atoms with E-state index >= 15 is 0 Å². The van der Waals surface area contributed by atoms with Crippen LogP contribution in [-0.2, 0) is 16.0 Å². The van der Waals surface area contributed by atoms with Crippen LogP contribution in [0.25, 0.3) is 0 Å². The average molecular weight is 338 g/mol. The zero-order chi connectivity index (χ0) is 15.1. The molecule has 0 aromatic heterocycles. The lowest BCUT2D eigenvalue weighted by Gasteiger charge is -2.10. The third-order valence-corrected chi connectivity index (χ3v) is 3.96. The van der Waals surface area contributed by atoms with Gasteiger partial charge in [0, 0.05) is 9.79 Å². The fourth-order valence-corrected chi connectivity index (χ4v) is 2.74. The van der Waals surface area contributed by atoms with Crippen molar-refractivity contribution in [2.45, 2.75) is 29.2 Å². The van der Waals surface area contributed by atoms with Gasteiger partial charge in [-0.05, 0) is 43.2 Å². The van der Waals surface area contributed by atoms with Gasteiger partial charge in [-0.3, -0.25) is 4.79 Å². The van der Waals surface area contributed by atoms with Gasteiger partial charge in [-0.2, -0.15) is 0 Å². The molecule has 0 amide bonds. The molecule has 0 aliphatic rings. The Balaban J connectivity index is 0.00000242. The molecule has 1 atom stereocenters. The SMILES string of the molecule is CCOC(=O)C(N)Cc1ccc(Sc2ccccc2)cc1.Cl. The van der Waals surface area contributed by atoms with Gasteiger partial charge in [-0.15, -0.1) is 12.4 Å². The van der Waals surface area contributed by atoms with Gasteiger partial charge >= 0.3 is 5.97 Å².